The number of nitrogens with one attached hydrogen (secondary N) is 1. The summed E-state index contributed by atoms with van der Waals surface area (Å²) in [6, 6.07) is 5.86. The summed E-state index contributed by atoms with van der Waals surface area (Å²) in [5.74, 6) is 0.113. The summed E-state index contributed by atoms with van der Waals surface area (Å²) in [4.78, 5) is 0. The highest BCUT2D eigenvalue weighted by molar-refractivity contribution is 7.89. The molecule has 90 valence electrons. The molecule has 1 rings (SSSR count). The molecule has 0 aromatic heterocycles. The van der Waals surface area contributed by atoms with E-state index in [1.165, 1.54) is 5.56 Å². The van der Waals surface area contributed by atoms with Gasteiger partial charge >= 0.3 is 0 Å². The molecule has 0 unspecified atom stereocenters. The van der Waals surface area contributed by atoms with Crippen molar-refractivity contribution in [2.75, 3.05) is 5.75 Å². The van der Waals surface area contributed by atoms with Gasteiger partial charge in [0, 0.05) is 6.04 Å². The van der Waals surface area contributed by atoms with Crippen LogP contribution in [0.1, 0.15) is 36.6 Å². The molecule has 0 bridgehead atoms. The Hall–Kier alpha value is -0.870. The zero-order valence-electron chi connectivity index (χ0n) is 10.2. The molecule has 0 heterocycles. The smallest absolute Gasteiger partial charge is 0.211 e. The number of hydrogen-bond acceptors (Lipinski definition) is 2. The van der Waals surface area contributed by atoms with Crippen LogP contribution in [0.5, 0.6) is 0 Å². The molecule has 1 aromatic rings. The van der Waals surface area contributed by atoms with Crippen molar-refractivity contribution in [3.05, 3.63) is 34.9 Å². The van der Waals surface area contributed by atoms with E-state index in [0.717, 1.165) is 11.1 Å². The van der Waals surface area contributed by atoms with Gasteiger partial charge in [-0.15, -0.1) is 0 Å². The highest BCUT2D eigenvalue weighted by Gasteiger charge is 2.14. The van der Waals surface area contributed by atoms with Gasteiger partial charge in [0.05, 0.1) is 5.75 Å². The van der Waals surface area contributed by atoms with E-state index in [2.05, 4.69) is 10.8 Å². The third-order valence-electron chi connectivity index (χ3n) is 2.63. The van der Waals surface area contributed by atoms with Crippen molar-refractivity contribution >= 4 is 10.0 Å². The zero-order chi connectivity index (χ0) is 12.3. The van der Waals surface area contributed by atoms with Crippen LogP contribution in [0.2, 0.25) is 0 Å². The Bertz CT molecular complexity index is 466. The van der Waals surface area contributed by atoms with Crippen molar-refractivity contribution < 1.29 is 8.42 Å². The maximum Gasteiger partial charge on any atom is 0.211 e. The highest BCUT2D eigenvalue weighted by Crippen LogP contribution is 2.19. The van der Waals surface area contributed by atoms with Gasteiger partial charge < -0.3 is 0 Å². The molecule has 0 amide bonds. The predicted molar refractivity (Wildman–Crippen MR) is 66.9 cm³/mol. The Kier molecular flexibility index (Phi) is 4.10. The molecule has 16 heavy (non-hydrogen) atoms. The van der Waals surface area contributed by atoms with Crippen molar-refractivity contribution in [2.24, 2.45) is 0 Å². The van der Waals surface area contributed by atoms with Crippen molar-refractivity contribution in [3.63, 3.8) is 0 Å². The molecular weight excluding hydrogens is 222 g/mol. The van der Waals surface area contributed by atoms with E-state index in [1.54, 1.807) is 6.92 Å². The monoisotopic (exact) mass is 241 g/mol. The Morgan fingerprint density at radius 1 is 1.31 bits per heavy atom. The molecule has 0 fully saturated rings. The SMILES string of the molecule is CCS(=O)(=O)N[C@@H](C)c1ccc(C)cc1C. The maximum atomic E-state index is 11.5. The number of hydrogen-bond donors (Lipinski definition) is 1. The van der Waals surface area contributed by atoms with E-state index < -0.39 is 10.0 Å². The first-order valence-electron chi connectivity index (χ1n) is 5.43. The molecule has 0 aliphatic heterocycles. The van der Waals surface area contributed by atoms with Crippen LogP contribution in [0.25, 0.3) is 0 Å². The Morgan fingerprint density at radius 2 is 1.94 bits per heavy atom. The van der Waals surface area contributed by atoms with Crippen LogP contribution in [0.3, 0.4) is 0 Å². The summed E-state index contributed by atoms with van der Waals surface area (Å²) in [5.41, 5.74) is 3.33. The van der Waals surface area contributed by atoms with Crippen LogP contribution in [0.4, 0.5) is 0 Å². The quantitative estimate of drug-likeness (QED) is 0.879. The summed E-state index contributed by atoms with van der Waals surface area (Å²) < 4.78 is 25.6. The predicted octanol–water partition coefficient (Wildman–Crippen LogP) is 2.30. The van der Waals surface area contributed by atoms with Crippen LogP contribution in [0, 0.1) is 13.8 Å². The Balaban J connectivity index is 2.93. The normalized spacial score (nSPS) is 13.8. The van der Waals surface area contributed by atoms with Gasteiger partial charge in [0.1, 0.15) is 0 Å². The molecule has 1 aromatic carbocycles. The van der Waals surface area contributed by atoms with Crippen LogP contribution >= 0.6 is 0 Å². The van der Waals surface area contributed by atoms with Crippen LogP contribution in [-0.4, -0.2) is 14.2 Å². The Labute approximate surface area is 97.9 Å². The number of sulfonamides is 1. The number of benzene rings is 1. The van der Waals surface area contributed by atoms with Gasteiger partial charge in [-0.25, -0.2) is 13.1 Å². The maximum absolute atomic E-state index is 11.5. The first kappa shape index (κ1) is 13.2. The van der Waals surface area contributed by atoms with Crippen molar-refractivity contribution in [1.82, 2.24) is 4.72 Å². The standard InChI is InChI=1S/C12H19NO2S/c1-5-16(14,15)13-11(4)12-7-6-9(2)8-10(12)3/h6-8,11,13H,5H2,1-4H3/t11-/m0/s1. The minimum absolute atomic E-state index is 0.113. The van der Waals surface area contributed by atoms with Gasteiger partial charge in [-0.2, -0.15) is 0 Å². The molecule has 0 spiro atoms. The first-order valence-corrected chi connectivity index (χ1v) is 7.08. The molecule has 0 saturated heterocycles. The van der Waals surface area contributed by atoms with Crippen molar-refractivity contribution in [3.8, 4) is 0 Å². The summed E-state index contributed by atoms with van der Waals surface area (Å²) in [6.07, 6.45) is 0. The lowest BCUT2D eigenvalue weighted by atomic mass is 10.0. The third kappa shape index (κ3) is 3.32. The lowest BCUT2D eigenvalue weighted by molar-refractivity contribution is 0.568. The molecule has 0 radical (unpaired) electrons. The fourth-order valence-corrected chi connectivity index (χ4v) is 2.56. The van der Waals surface area contributed by atoms with Crippen molar-refractivity contribution in [1.29, 1.82) is 0 Å². The van der Waals surface area contributed by atoms with Gasteiger partial charge in [0.25, 0.3) is 0 Å². The van der Waals surface area contributed by atoms with E-state index in [0.29, 0.717) is 0 Å². The highest BCUT2D eigenvalue weighted by atomic mass is 32.2. The topological polar surface area (TPSA) is 46.2 Å². The molecule has 3 nitrogen and oxygen atoms in total. The van der Waals surface area contributed by atoms with Crippen LogP contribution < -0.4 is 4.72 Å². The number of rotatable bonds is 4. The van der Waals surface area contributed by atoms with Gasteiger partial charge in [-0.05, 0) is 38.8 Å². The van der Waals surface area contributed by atoms with Gasteiger partial charge in [-0.3, -0.25) is 0 Å². The Morgan fingerprint density at radius 3 is 2.44 bits per heavy atom. The van der Waals surface area contributed by atoms with Crippen LogP contribution in [-0.2, 0) is 10.0 Å². The lowest BCUT2D eigenvalue weighted by Crippen LogP contribution is -2.28. The van der Waals surface area contributed by atoms with E-state index in [1.807, 2.05) is 32.9 Å². The fourth-order valence-electron chi connectivity index (χ4n) is 1.73. The van der Waals surface area contributed by atoms with E-state index in [4.69, 9.17) is 0 Å². The van der Waals surface area contributed by atoms with E-state index in [9.17, 15) is 8.42 Å². The zero-order valence-corrected chi connectivity index (χ0v) is 11.1. The molecule has 0 aliphatic carbocycles. The van der Waals surface area contributed by atoms with Gasteiger partial charge in [0.2, 0.25) is 10.0 Å². The average molecular weight is 241 g/mol. The molecule has 4 heteroatoms. The molecule has 0 saturated carbocycles. The van der Waals surface area contributed by atoms with Crippen LogP contribution in [0.15, 0.2) is 18.2 Å². The lowest BCUT2D eigenvalue weighted by Gasteiger charge is -2.16. The van der Waals surface area contributed by atoms with E-state index >= 15 is 0 Å². The largest absolute Gasteiger partial charge is 0.212 e. The average Bonchev–Trinajstić information content (AvgIpc) is 2.16. The second kappa shape index (κ2) is 4.97. The molecular formula is C12H19NO2S. The second-order valence-electron chi connectivity index (χ2n) is 4.10. The fraction of sp³-hybridized carbons (Fsp3) is 0.500. The minimum atomic E-state index is -3.14. The molecule has 1 atom stereocenters. The number of aryl methyl sites for hydroxylation is 2. The summed E-state index contributed by atoms with van der Waals surface area (Å²) in [6.45, 7) is 7.53. The second-order valence-corrected chi connectivity index (χ2v) is 6.15. The summed E-state index contributed by atoms with van der Waals surface area (Å²) in [7, 11) is -3.14. The summed E-state index contributed by atoms with van der Waals surface area (Å²) >= 11 is 0. The van der Waals surface area contributed by atoms with E-state index in [-0.39, 0.29) is 11.8 Å². The summed E-state index contributed by atoms with van der Waals surface area (Å²) in [5, 5.41) is 0. The third-order valence-corrected chi connectivity index (χ3v) is 4.10. The van der Waals surface area contributed by atoms with Crippen molar-refractivity contribution in [2.45, 2.75) is 33.7 Å². The molecule has 1 N–H and O–H groups in total. The van der Waals surface area contributed by atoms with Gasteiger partial charge in [0.15, 0.2) is 0 Å². The first-order chi connectivity index (χ1) is 7.35. The van der Waals surface area contributed by atoms with Gasteiger partial charge in [-0.1, -0.05) is 23.8 Å². The minimum Gasteiger partial charge on any atom is -0.212 e. The molecule has 0 aliphatic rings.